The summed E-state index contributed by atoms with van der Waals surface area (Å²) in [5.74, 6) is 2.03. The van der Waals surface area contributed by atoms with Gasteiger partial charge in [-0.15, -0.1) is 0 Å². The van der Waals surface area contributed by atoms with E-state index in [-0.39, 0.29) is 12.0 Å². The van der Waals surface area contributed by atoms with Crippen LogP contribution in [0.3, 0.4) is 0 Å². The maximum Gasteiger partial charge on any atom is 0.322 e. The number of methoxy groups -OCH3 is 1. The molecular formula is C10H21NO2S. The van der Waals surface area contributed by atoms with Crippen molar-refractivity contribution in [2.24, 2.45) is 0 Å². The number of carbonyl (C=O) groups excluding carboxylic acids is 1. The van der Waals surface area contributed by atoms with E-state index in [1.165, 1.54) is 19.3 Å². The molecule has 0 spiro atoms. The second kappa shape index (κ2) is 9.34. The van der Waals surface area contributed by atoms with Crippen molar-refractivity contribution in [2.45, 2.75) is 32.7 Å². The van der Waals surface area contributed by atoms with E-state index in [1.807, 2.05) is 18.7 Å². The van der Waals surface area contributed by atoms with Gasteiger partial charge in [0.1, 0.15) is 6.04 Å². The molecule has 0 aliphatic heterocycles. The first-order valence-electron chi connectivity index (χ1n) is 5.15. The molecule has 1 unspecified atom stereocenters. The number of likely N-dealkylation sites (N-methyl/N-ethyl adjacent to an activating group) is 1. The molecule has 0 aromatic carbocycles. The molecule has 0 bridgehead atoms. The maximum absolute atomic E-state index is 11.3. The zero-order chi connectivity index (χ0) is 10.8. The number of ether oxygens (including phenoxy) is 1. The first-order chi connectivity index (χ1) is 6.76. The van der Waals surface area contributed by atoms with Crippen molar-refractivity contribution in [3.8, 4) is 0 Å². The minimum atomic E-state index is -0.149. The predicted molar refractivity (Wildman–Crippen MR) is 61.7 cm³/mol. The molecule has 0 aliphatic carbocycles. The summed E-state index contributed by atoms with van der Waals surface area (Å²) in [5, 5.41) is 3.12. The number of hydrogen-bond donors (Lipinski definition) is 1. The number of rotatable bonds is 8. The molecule has 0 aliphatic rings. The number of hydrogen-bond acceptors (Lipinski definition) is 4. The van der Waals surface area contributed by atoms with E-state index in [1.54, 1.807) is 0 Å². The summed E-state index contributed by atoms with van der Waals surface area (Å²) in [6.07, 6.45) is 2.04. The van der Waals surface area contributed by atoms with Crippen LogP contribution in [-0.2, 0) is 9.53 Å². The van der Waals surface area contributed by atoms with E-state index in [4.69, 9.17) is 4.74 Å². The van der Waals surface area contributed by atoms with E-state index in [9.17, 15) is 4.79 Å². The summed E-state index contributed by atoms with van der Waals surface area (Å²) < 4.78 is 4.71. The second-order valence-electron chi connectivity index (χ2n) is 3.03. The fourth-order valence-electron chi connectivity index (χ4n) is 1.14. The fourth-order valence-corrected chi connectivity index (χ4v) is 2.03. The Hall–Kier alpha value is -0.220. The number of thioether (sulfide) groups is 1. The summed E-state index contributed by atoms with van der Waals surface area (Å²) in [6, 6.07) is -0.130. The van der Waals surface area contributed by atoms with E-state index in [0.29, 0.717) is 0 Å². The molecule has 3 nitrogen and oxygen atoms in total. The first-order valence-corrected chi connectivity index (χ1v) is 6.30. The first kappa shape index (κ1) is 13.8. The Bertz CT molecular complexity index is 153. The van der Waals surface area contributed by atoms with Crippen LogP contribution in [0.15, 0.2) is 0 Å². The molecule has 0 fully saturated rings. The van der Waals surface area contributed by atoms with Crippen LogP contribution in [0.25, 0.3) is 0 Å². The summed E-state index contributed by atoms with van der Waals surface area (Å²) in [5.41, 5.74) is 0. The van der Waals surface area contributed by atoms with Gasteiger partial charge in [-0.1, -0.05) is 13.8 Å². The van der Waals surface area contributed by atoms with Crippen LogP contribution in [0.2, 0.25) is 0 Å². The van der Waals surface area contributed by atoms with Crippen LogP contribution in [0, 0.1) is 0 Å². The third kappa shape index (κ3) is 6.27. The van der Waals surface area contributed by atoms with Crippen LogP contribution < -0.4 is 5.32 Å². The van der Waals surface area contributed by atoms with Crippen molar-refractivity contribution in [1.29, 1.82) is 0 Å². The predicted octanol–water partition coefficient (Wildman–Crippen LogP) is 1.67. The van der Waals surface area contributed by atoms with Crippen molar-refractivity contribution in [1.82, 2.24) is 5.32 Å². The fraction of sp³-hybridized carbons (Fsp3) is 0.900. The molecule has 0 saturated heterocycles. The summed E-state index contributed by atoms with van der Waals surface area (Å²) in [6.45, 7) is 4.96. The number of nitrogens with one attached hydrogen (secondary N) is 1. The van der Waals surface area contributed by atoms with Crippen LogP contribution in [-0.4, -0.2) is 37.2 Å². The Balaban J connectivity index is 3.67. The zero-order valence-electron chi connectivity index (χ0n) is 9.34. The van der Waals surface area contributed by atoms with Crippen LogP contribution in [0.1, 0.15) is 26.7 Å². The van der Waals surface area contributed by atoms with Crippen LogP contribution in [0.4, 0.5) is 0 Å². The Morgan fingerprint density at radius 3 is 2.64 bits per heavy atom. The third-order valence-electron chi connectivity index (χ3n) is 1.84. The van der Waals surface area contributed by atoms with Gasteiger partial charge in [0, 0.05) is 0 Å². The lowest BCUT2D eigenvalue weighted by molar-refractivity contribution is -0.143. The van der Waals surface area contributed by atoms with Crippen LogP contribution in [0.5, 0.6) is 0 Å². The topological polar surface area (TPSA) is 38.3 Å². The average Bonchev–Trinajstić information content (AvgIpc) is 2.21. The lowest BCUT2D eigenvalue weighted by atomic mass is 10.2. The van der Waals surface area contributed by atoms with E-state index < -0.39 is 0 Å². The molecular weight excluding hydrogens is 198 g/mol. The van der Waals surface area contributed by atoms with Crippen molar-refractivity contribution in [2.75, 3.05) is 25.2 Å². The summed E-state index contributed by atoms with van der Waals surface area (Å²) >= 11 is 1.89. The molecule has 0 aromatic heterocycles. The number of esters is 1. The monoisotopic (exact) mass is 219 g/mol. The Morgan fingerprint density at radius 2 is 2.14 bits per heavy atom. The average molecular weight is 219 g/mol. The van der Waals surface area contributed by atoms with Crippen molar-refractivity contribution < 1.29 is 9.53 Å². The zero-order valence-corrected chi connectivity index (χ0v) is 10.2. The largest absolute Gasteiger partial charge is 0.468 e. The molecule has 0 heterocycles. The maximum atomic E-state index is 11.3. The molecule has 1 N–H and O–H groups in total. The molecule has 0 saturated carbocycles. The minimum absolute atomic E-state index is 0.130. The van der Waals surface area contributed by atoms with Crippen LogP contribution >= 0.6 is 11.8 Å². The van der Waals surface area contributed by atoms with E-state index in [0.717, 1.165) is 18.7 Å². The number of carbonyl (C=O) groups is 1. The standard InChI is InChI=1S/C10H21NO2S/c1-4-7-14-8-6-9(11-5-2)10(12)13-3/h9,11H,4-8H2,1-3H3. The van der Waals surface area contributed by atoms with Gasteiger partial charge in [0.2, 0.25) is 0 Å². The minimum Gasteiger partial charge on any atom is -0.468 e. The van der Waals surface area contributed by atoms with E-state index in [2.05, 4.69) is 12.2 Å². The SMILES string of the molecule is CCCSCCC(NCC)C(=O)OC. The highest BCUT2D eigenvalue weighted by Crippen LogP contribution is 2.07. The lowest BCUT2D eigenvalue weighted by Crippen LogP contribution is -2.37. The highest BCUT2D eigenvalue weighted by Gasteiger charge is 2.16. The molecule has 1 atom stereocenters. The second-order valence-corrected chi connectivity index (χ2v) is 4.26. The van der Waals surface area contributed by atoms with E-state index >= 15 is 0 Å². The molecule has 0 amide bonds. The van der Waals surface area contributed by atoms with Crippen molar-refractivity contribution >= 4 is 17.7 Å². The molecule has 14 heavy (non-hydrogen) atoms. The molecule has 0 rings (SSSR count). The van der Waals surface area contributed by atoms with Crippen molar-refractivity contribution in [3.63, 3.8) is 0 Å². The highest BCUT2D eigenvalue weighted by molar-refractivity contribution is 7.99. The Morgan fingerprint density at radius 1 is 1.43 bits per heavy atom. The molecule has 4 heteroatoms. The van der Waals surface area contributed by atoms with Gasteiger partial charge in [-0.05, 0) is 30.9 Å². The van der Waals surface area contributed by atoms with Gasteiger partial charge in [-0.3, -0.25) is 4.79 Å². The molecule has 0 aromatic rings. The highest BCUT2D eigenvalue weighted by atomic mass is 32.2. The summed E-state index contributed by atoms with van der Waals surface area (Å²) in [4.78, 5) is 11.3. The van der Waals surface area contributed by atoms with Gasteiger partial charge < -0.3 is 10.1 Å². The third-order valence-corrected chi connectivity index (χ3v) is 3.06. The molecule has 84 valence electrons. The summed E-state index contributed by atoms with van der Waals surface area (Å²) in [7, 11) is 1.44. The molecule has 0 radical (unpaired) electrons. The van der Waals surface area contributed by atoms with Gasteiger partial charge in [0.25, 0.3) is 0 Å². The van der Waals surface area contributed by atoms with Gasteiger partial charge >= 0.3 is 5.97 Å². The quantitative estimate of drug-likeness (QED) is 0.498. The Kier molecular flexibility index (Phi) is 9.19. The van der Waals surface area contributed by atoms with Gasteiger partial charge in [0.05, 0.1) is 7.11 Å². The lowest BCUT2D eigenvalue weighted by Gasteiger charge is -2.14. The smallest absolute Gasteiger partial charge is 0.322 e. The van der Waals surface area contributed by atoms with Crippen molar-refractivity contribution in [3.05, 3.63) is 0 Å². The normalized spacial score (nSPS) is 12.5. The Labute approximate surface area is 91.0 Å². The van der Waals surface area contributed by atoms with Gasteiger partial charge in [-0.2, -0.15) is 11.8 Å². The van der Waals surface area contributed by atoms with Gasteiger partial charge in [-0.25, -0.2) is 0 Å². The van der Waals surface area contributed by atoms with Gasteiger partial charge in [0.15, 0.2) is 0 Å².